The zero-order valence-electron chi connectivity index (χ0n) is 13.5. The summed E-state index contributed by atoms with van der Waals surface area (Å²) in [6, 6.07) is -1.05. The summed E-state index contributed by atoms with van der Waals surface area (Å²) in [7, 11) is 0. The highest BCUT2D eigenvalue weighted by atomic mass is 16.6. The maximum atomic E-state index is 11.6. The highest BCUT2D eigenvalue weighted by Gasteiger charge is 2.23. The minimum absolute atomic E-state index is 0.209. The number of carbonyl (C=O) groups is 3. The summed E-state index contributed by atoms with van der Waals surface area (Å²) in [6.07, 6.45) is 0.435. The Kier molecular flexibility index (Phi) is 9.17. The van der Waals surface area contributed by atoms with E-state index < -0.39 is 29.6 Å². The Hall–Kier alpha value is -2.48. The number of nitrogens with one attached hydrogen (secondary N) is 2. The summed E-state index contributed by atoms with van der Waals surface area (Å²) in [6.45, 7) is 5.11. The van der Waals surface area contributed by atoms with Crippen molar-refractivity contribution in [1.29, 1.82) is 0 Å². The Bertz CT molecular complexity index is 468. The Labute approximate surface area is 134 Å². The lowest BCUT2D eigenvalue weighted by Crippen LogP contribution is -2.43. The van der Waals surface area contributed by atoms with Gasteiger partial charge in [-0.05, 0) is 45.6 Å². The molecular weight excluding hydrogens is 306 g/mol. The van der Waals surface area contributed by atoms with Gasteiger partial charge in [-0.1, -0.05) is 5.11 Å². The molecule has 1 unspecified atom stereocenters. The largest absolute Gasteiger partial charge is 0.480 e. The minimum atomic E-state index is -1.15. The summed E-state index contributed by atoms with van der Waals surface area (Å²) in [5, 5.41) is 17.0. The number of carboxylic acid groups (broad SMARTS) is 1. The van der Waals surface area contributed by atoms with Crippen LogP contribution in [0.5, 0.6) is 0 Å². The Morgan fingerprint density at radius 2 is 1.96 bits per heavy atom. The summed E-state index contributed by atoms with van der Waals surface area (Å²) in [5.74, 6) is -1.55. The molecule has 0 aromatic heterocycles. The second kappa shape index (κ2) is 10.3. The molecule has 3 N–H and O–H groups in total. The third-order valence-electron chi connectivity index (χ3n) is 2.51. The number of nitrogens with zero attached hydrogens (tertiary/aromatic N) is 3. The van der Waals surface area contributed by atoms with Crippen molar-refractivity contribution >= 4 is 18.0 Å². The summed E-state index contributed by atoms with van der Waals surface area (Å²) >= 11 is 0. The fourth-order valence-corrected chi connectivity index (χ4v) is 1.56. The van der Waals surface area contributed by atoms with Crippen LogP contribution < -0.4 is 10.6 Å². The number of carbonyl (C=O) groups excluding carboxylic acids is 2. The number of hydrogen-bond acceptors (Lipinski definition) is 5. The average Bonchev–Trinajstić information content (AvgIpc) is 2.41. The zero-order chi connectivity index (χ0) is 17.9. The van der Waals surface area contributed by atoms with Crippen LogP contribution in [0.15, 0.2) is 5.11 Å². The molecular formula is C13H23N5O5. The SMILES string of the molecule is CC(C)(C)OC(=O)NC(CCCCNC(=O)CN=[N+]=[N-])C(=O)O. The second-order valence-corrected chi connectivity index (χ2v) is 5.77. The van der Waals surface area contributed by atoms with Crippen molar-refractivity contribution < 1.29 is 24.2 Å². The number of rotatable bonds is 9. The van der Waals surface area contributed by atoms with E-state index in [1.807, 2.05) is 0 Å². The van der Waals surface area contributed by atoms with Gasteiger partial charge in [0.2, 0.25) is 5.91 Å². The molecule has 1 atom stereocenters. The number of hydrogen-bond donors (Lipinski definition) is 3. The van der Waals surface area contributed by atoms with Gasteiger partial charge in [0.05, 0.1) is 0 Å². The number of carboxylic acids is 1. The first-order chi connectivity index (χ1) is 10.7. The molecule has 0 aliphatic heterocycles. The van der Waals surface area contributed by atoms with E-state index in [2.05, 4.69) is 20.7 Å². The molecule has 0 fully saturated rings. The van der Waals surface area contributed by atoms with Crippen LogP contribution in [-0.2, 0) is 14.3 Å². The molecule has 0 aromatic rings. The van der Waals surface area contributed by atoms with Gasteiger partial charge in [-0.15, -0.1) is 0 Å². The lowest BCUT2D eigenvalue weighted by molar-refractivity contribution is -0.139. The molecule has 0 rings (SSSR count). The monoisotopic (exact) mass is 329 g/mol. The van der Waals surface area contributed by atoms with Crippen molar-refractivity contribution in [2.45, 2.75) is 51.7 Å². The molecule has 0 saturated carbocycles. The molecule has 0 aliphatic carbocycles. The Morgan fingerprint density at radius 3 is 2.48 bits per heavy atom. The third-order valence-corrected chi connectivity index (χ3v) is 2.51. The predicted molar refractivity (Wildman–Crippen MR) is 81.7 cm³/mol. The van der Waals surface area contributed by atoms with Crippen LogP contribution in [0.2, 0.25) is 0 Å². The normalized spacial score (nSPS) is 11.8. The molecule has 23 heavy (non-hydrogen) atoms. The van der Waals surface area contributed by atoms with E-state index in [1.54, 1.807) is 20.8 Å². The molecule has 0 heterocycles. The first-order valence-electron chi connectivity index (χ1n) is 7.15. The number of amides is 2. The fraction of sp³-hybridized carbons (Fsp3) is 0.769. The highest BCUT2D eigenvalue weighted by Crippen LogP contribution is 2.08. The maximum Gasteiger partial charge on any atom is 0.408 e. The van der Waals surface area contributed by atoms with Crippen molar-refractivity contribution in [1.82, 2.24) is 10.6 Å². The Morgan fingerprint density at radius 1 is 1.30 bits per heavy atom. The van der Waals surface area contributed by atoms with Gasteiger partial charge in [0.25, 0.3) is 0 Å². The third kappa shape index (κ3) is 11.8. The number of alkyl carbamates (subject to hydrolysis) is 1. The second-order valence-electron chi connectivity index (χ2n) is 5.77. The molecule has 130 valence electrons. The lowest BCUT2D eigenvalue weighted by Gasteiger charge is -2.22. The zero-order valence-corrected chi connectivity index (χ0v) is 13.5. The van der Waals surface area contributed by atoms with Crippen molar-refractivity contribution in [3.05, 3.63) is 10.4 Å². The predicted octanol–water partition coefficient (Wildman–Crippen LogP) is 1.56. The van der Waals surface area contributed by atoms with Crippen LogP contribution >= 0.6 is 0 Å². The lowest BCUT2D eigenvalue weighted by atomic mass is 10.1. The van der Waals surface area contributed by atoms with Gasteiger partial charge in [-0.2, -0.15) is 0 Å². The van der Waals surface area contributed by atoms with Gasteiger partial charge in [-0.3, -0.25) is 4.79 Å². The van der Waals surface area contributed by atoms with Crippen LogP contribution in [-0.4, -0.2) is 47.8 Å². The van der Waals surface area contributed by atoms with Gasteiger partial charge in [-0.25, -0.2) is 9.59 Å². The number of unbranched alkanes of at least 4 members (excludes halogenated alkanes) is 1. The van der Waals surface area contributed by atoms with E-state index in [0.717, 1.165) is 0 Å². The number of aliphatic carboxylic acids is 1. The van der Waals surface area contributed by atoms with Gasteiger partial charge >= 0.3 is 12.1 Å². The van der Waals surface area contributed by atoms with E-state index in [-0.39, 0.29) is 13.0 Å². The highest BCUT2D eigenvalue weighted by molar-refractivity contribution is 5.80. The fourth-order valence-electron chi connectivity index (χ4n) is 1.56. The summed E-state index contributed by atoms with van der Waals surface area (Å²) < 4.78 is 5.00. The average molecular weight is 329 g/mol. The van der Waals surface area contributed by atoms with Crippen molar-refractivity contribution in [3.63, 3.8) is 0 Å². The van der Waals surface area contributed by atoms with Crippen LogP contribution in [0.25, 0.3) is 10.4 Å². The van der Waals surface area contributed by atoms with Gasteiger partial charge in [0, 0.05) is 11.5 Å². The van der Waals surface area contributed by atoms with E-state index in [1.165, 1.54) is 0 Å². The number of ether oxygens (including phenoxy) is 1. The topological polar surface area (TPSA) is 153 Å². The molecule has 0 bridgehead atoms. The van der Waals surface area contributed by atoms with E-state index in [4.69, 9.17) is 15.4 Å². The van der Waals surface area contributed by atoms with Gasteiger partial charge in [0.15, 0.2) is 0 Å². The van der Waals surface area contributed by atoms with Crippen LogP contribution in [0.3, 0.4) is 0 Å². The molecule has 0 spiro atoms. The Balaban J connectivity index is 4.06. The quantitative estimate of drug-likeness (QED) is 0.253. The van der Waals surface area contributed by atoms with Crippen LogP contribution in [0, 0.1) is 0 Å². The molecule has 2 amide bonds. The molecule has 0 aliphatic rings. The van der Waals surface area contributed by atoms with Gasteiger partial charge in [0.1, 0.15) is 18.2 Å². The maximum absolute atomic E-state index is 11.6. The van der Waals surface area contributed by atoms with Gasteiger partial charge < -0.3 is 20.5 Å². The van der Waals surface area contributed by atoms with Crippen molar-refractivity contribution in [2.75, 3.05) is 13.1 Å². The van der Waals surface area contributed by atoms with E-state index in [0.29, 0.717) is 19.4 Å². The van der Waals surface area contributed by atoms with E-state index in [9.17, 15) is 14.4 Å². The molecule has 0 saturated heterocycles. The summed E-state index contributed by atoms with van der Waals surface area (Å²) in [5.41, 5.74) is 7.35. The van der Waals surface area contributed by atoms with E-state index >= 15 is 0 Å². The molecule has 10 heteroatoms. The van der Waals surface area contributed by atoms with Crippen LogP contribution in [0.1, 0.15) is 40.0 Å². The standard InChI is InChI=1S/C13H23N5O5/c1-13(2,3)23-12(22)17-9(11(20)21)6-4-5-7-15-10(19)8-16-18-14/h9H,4-8H2,1-3H3,(H,15,19)(H,17,22)(H,20,21). The van der Waals surface area contributed by atoms with Crippen molar-refractivity contribution in [3.8, 4) is 0 Å². The van der Waals surface area contributed by atoms with Crippen LogP contribution in [0.4, 0.5) is 4.79 Å². The molecule has 0 aromatic carbocycles. The van der Waals surface area contributed by atoms with Crippen molar-refractivity contribution in [2.24, 2.45) is 5.11 Å². The first-order valence-corrected chi connectivity index (χ1v) is 7.15. The smallest absolute Gasteiger partial charge is 0.408 e. The summed E-state index contributed by atoms with van der Waals surface area (Å²) in [4.78, 5) is 36.3. The first kappa shape index (κ1) is 20.5. The number of azide groups is 1. The molecule has 0 radical (unpaired) electrons. The minimum Gasteiger partial charge on any atom is -0.480 e. The molecule has 10 nitrogen and oxygen atoms in total.